The van der Waals surface area contributed by atoms with Crippen molar-refractivity contribution in [2.75, 3.05) is 10.6 Å². The highest BCUT2D eigenvalue weighted by Gasteiger charge is 2.27. The van der Waals surface area contributed by atoms with E-state index in [1.165, 1.54) is 11.1 Å². The number of fused-ring (bicyclic) bond motifs is 1. The van der Waals surface area contributed by atoms with Gasteiger partial charge in [-0.15, -0.1) is 0 Å². The fourth-order valence-corrected chi connectivity index (χ4v) is 2.98. The van der Waals surface area contributed by atoms with Crippen LogP contribution >= 0.6 is 0 Å². The van der Waals surface area contributed by atoms with E-state index in [-0.39, 0.29) is 23.9 Å². The first kappa shape index (κ1) is 15.6. The summed E-state index contributed by atoms with van der Waals surface area (Å²) >= 11 is 0. The number of hydrogen-bond donors (Lipinski definition) is 3. The van der Waals surface area contributed by atoms with Crippen LogP contribution in [0.25, 0.3) is 0 Å². The van der Waals surface area contributed by atoms with E-state index in [4.69, 9.17) is 5.73 Å². The minimum Gasteiger partial charge on any atom is -0.378 e. The molecule has 0 fully saturated rings. The Labute approximate surface area is 137 Å². The van der Waals surface area contributed by atoms with Crippen molar-refractivity contribution in [1.82, 2.24) is 0 Å². The Morgan fingerprint density at radius 3 is 2.52 bits per heavy atom. The number of benzene rings is 2. The van der Waals surface area contributed by atoms with Gasteiger partial charge in [-0.3, -0.25) is 4.79 Å². The van der Waals surface area contributed by atoms with Crippen molar-refractivity contribution >= 4 is 17.3 Å². The summed E-state index contributed by atoms with van der Waals surface area (Å²) in [6.07, 6.45) is 0.877. The van der Waals surface area contributed by atoms with Crippen LogP contribution < -0.4 is 16.4 Å². The molecule has 4 N–H and O–H groups in total. The summed E-state index contributed by atoms with van der Waals surface area (Å²) < 4.78 is 0. The molecule has 4 heteroatoms. The Morgan fingerprint density at radius 1 is 1.09 bits per heavy atom. The first-order valence-corrected chi connectivity index (χ1v) is 8.06. The molecule has 1 aliphatic carbocycles. The predicted octanol–water partition coefficient (Wildman–Crippen LogP) is 3.84. The summed E-state index contributed by atoms with van der Waals surface area (Å²) in [6, 6.07) is 16.4. The van der Waals surface area contributed by atoms with Gasteiger partial charge in [0, 0.05) is 23.3 Å². The topological polar surface area (TPSA) is 67.2 Å². The number of nitrogens with one attached hydrogen (secondary N) is 2. The van der Waals surface area contributed by atoms with Crippen molar-refractivity contribution in [3.63, 3.8) is 0 Å². The molecule has 2 aromatic rings. The van der Waals surface area contributed by atoms with Gasteiger partial charge in [-0.1, -0.05) is 44.2 Å². The average Bonchev–Trinajstić information content (AvgIpc) is 2.84. The van der Waals surface area contributed by atoms with E-state index in [1.54, 1.807) is 0 Å². The summed E-state index contributed by atoms with van der Waals surface area (Å²) in [5.74, 6) is -0.0123. The first-order valence-electron chi connectivity index (χ1n) is 8.06. The van der Waals surface area contributed by atoms with Crippen LogP contribution in [0, 0.1) is 5.92 Å². The number of hydrogen-bond acceptors (Lipinski definition) is 3. The van der Waals surface area contributed by atoms with Crippen LogP contribution in [-0.4, -0.2) is 5.91 Å². The number of carbonyl (C=O) groups is 1. The maximum absolute atomic E-state index is 11.8. The summed E-state index contributed by atoms with van der Waals surface area (Å²) in [6.45, 7) is 3.77. The number of anilines is 2. The predicted molar refractivity (Wildman–Crippen MR) is 94.3 cm³/mol. The molecule has 120 valence electrons. The van der Waals surface area contributed by atoms with Gasteiger partial charge in [0.25, 0.3) is 0 Å². The van der Waals surface area contributed by atoms with E-state index in [1.807, 2.05) is 50.2 Å². The van der Waals surface area contributed by atoms with E-state index >= 15 is 0 Å². The van der Waals surface area contributed by atoms with Gasteiger partial charge in [0.05, 0.1) is 6.04 Å². The molecular formula is C19H23N3O. The van der Waals surface area contributed by atoms with Crippen LogP contribution in [-0.2, 0) is 4.79 Å². The quantitative estimate of drug-likeness (QED) is 0.804. The van der Waals surface area contributed by atoms with E-state index in [2.05, 4.69) is 22.8 Å². The molecule has 2 unspecified atom stereocenters. The largest absolute Gasteiger partial charge is 0.378 e. The van der Waals surface area contributed by atoms with Gasteiger partial charge < -0.3 is 16.4 Å². The van der Waals surface area contributed by atoms with Gasteiger partial charge in [-0.2, -0.15) is 0 Å². The third-order valence-corrected chi connectivity index (χ3v) is 4.26. The molecule has 0 spiro atoms. The lowest BCUT2D eigenvalue weighted by molar-refractivity contribution is -0.118. The van der Waals surface area contributed by atoms with Gasteiger partial charge in [0.1, 0.15) is 0 Å². The molecule has 0 saturated heterocycles. The number of nitrogens with two attached hydrogens (primary N) is 1. The Kier molecular flexibility index (Phi) is 4.35. The van der Waals surface area contributed by atoms with Crippen LogP contribution in [0.5, 0.6) is 0 Å². The van der Waals surface area contributed by atoms with Crippen LogP contribution in [0.3, 0.4) is 0 Å². The number of carbonyl (C=O) groups excluding carboxylic acids is 1. The minimum absolute atomic E-state index is 0.0235. The molecule has 0 saturated carbocycles. The van der Waals surface area contributed by atoms with Crippen LogP contribution in [0.4, 0.5) is 11.4 Å². The van der Waals surface area contributed by atoms with Crippen molar-refractivity contribution in [2.24, 2.45) is 11.7 Å². The Bertz CT molecular complexity index is 711. The van der Waals surface area contributed by atoms with Gasteiger partial charge in [-0.25, -0.2) is 0 Å². The van der Waals surface area contributed by atoms with Crippen molar-refractivity contribution in [2.45, 2.75) is 32.4 Å². The van der Waals surface area contributed by atoms with Crippen LogP contribution in [0.1, 0.15) is 43.5 Å². The zero-order valence-corrected chi connectivity index (χ0v) is 13.5. The molecule has 2 atom stereocenters. The third-order valence-electron chi connectivity index (χ3n) is 4.26. The zero-order chi connectivity index (χ0) is 16.4. The highest BCUT2D eigenvalue weighted by Crippen LogP contribution is 2.39. The van der Waals surface area contributed by atoms with Crippen LogP contribution in [0.15, 0.2) is 48.5 Å². The fraction of sp³-hybridized carbons (Fsp3) is 0.316. The number of rotatable bonds is 4. The highest BCUT2D eigenvalue weighted by atomic mass is 16.1. The molecular weight excluding hydrogens is 286 g/mol. The van der Waals surface area contributed by atoms with Crippen molar-refractivity contribution in [3.8, 4) is 0 Å². The molecule has 0 aliphatic heterocycles. The minimum atomic E-state index is -0.0358. The SMILES string of the molecule is CC(C)C(=O)Nc1cccc(NC2CC(N)c3ccccc32)c1. The lowest BCUT2D eigenvalue weighted by Gasteiger charge is -2.17. The molecule has 0 bridgehead atoms. The Balaban J connectivity index is 1.76. The maximum Gasteiger partial charge on any atom is 0.226 e. The lowest BCUT2D eigenvalue weighted by Crippen LogP contribution is -2.17. The summed E-state index contributed by atoms with van der Waals surface area (Å²) in [4.78, 5) is 11.8. The van der Waals surface area contributed by atoms with E-state index in [0.717, 1.165) is 17.8 Å². The van der Waals surface area contributed by atoms with Gasteiger partial charge in [0.15, 0.2) is 0 Å². The molecule has 1 aliphatic rings. The summed E-state index contributed by atoms with van der Waals surface area (Å²) in [5, 5.41) is 6.47. The third kappa shape index (κ3) is 3.37. The monoisotopic (exact) mass is 309 g/mol. The Hall–Kier alpha value is -2.33. The molecule has 3 rings (SSSR count). The molecule has 0 heterocycles. The maximum atomic E-state index is 11.8. The molecule has 1 amide bonds. The smallest absolute Gasteiger partial charge is 0.226 e. The van der Waals surface area contributed by atoms with Crippen LogP contribution in [0.2, 0.25) is 0 Å². The van der Waals surface area contributed by atoms with Gasteiger partial charge in [0.2, 0.25) is 5.91 Å². The highest BCUT2D eigenvalue weighted by molar-refractivity contribution is 5.92. The van der Waals surface area contributed by atoms with Crippen molar-refractivity contribution < 1.29 is 4.79 Å². The summed E-state index contributed by atoms with van der Waals surface area (Å²) in [5.41, 5.74) is 10.5. The van der Waals surface area contributed by atoms with E-state index in [9.17, 15) is 4.79 Å². The molecule has 0 aromatic heterocycles. The van der Waals surface area contributed by atoms with Gasteiger partial charge >= 0.3 is 0 Å². The molecule has 23 heavy (non-hydrogen) atoms. The Morgan fingerprint density at radius 2 is 1.78 bits per heavy atom. The van der Waals surface area contributed by atoms with E-state index < -0.39 is 0 Å². The second-order valence-corrected chi connectivity index (χ2v) is 6.39. The second kappa shape index (κ2) is 6.42. The van der Waals surface area contributed by atoms with Gasteiger partial charge in [-0.05, 0) is 35.7 Å². The number of amides is 1. The molecule has 0 radical (unpaired) electrons. The lowest BCUT2D eigenvalue weighted by atomic mass is 10.1. The first-order chi connectivity index (χ1) is 11.0. The van der Waals surface area contributed by atoms with E-state index in [0.29, 0.717) is 0 Å². The molecule has 4 nitrogen and oxygen atoms in total. The summed E-state index contributed by atoms with van der Waals surface area (Å²) in [7, 11) is 0. The van der Waals surface area contributed by atoms with Crippen molar-refractivity contribution in [1.29, 1.82) is 0 Å². The zero-order valence-electron chi connectivity index (χ0n) is 13.5. The standard InChI is InChI=1S/C19H23N3O/c1-12(2)19(23)22-14-7-5-6-13(10-14)21-18-11-17(20)15-8-3-4-9-16(15)18/h3-10,12,17-18,21H,11,20H2,1-2H3,(H,22,23). The second-order valence-electron chi connectivity index (χ2n) is 6.39. The normalized spacial score (nSPS) is 19.5. The fourth-order valence-electron chi connectivity index (χ4n) is 2.98. The molecule has 2 aromatic carbocycles. The average molecular weight is 309 g/mol. The van der Waals surface area contributed by atoms with Crippen molar-refractivity contribution in [3.05, 3.63) is 59.7 Å².